The maximum atomic E-state index is 10.9. The van der Waals surface area contributed by atoms with Crippen LogP contribution in [0, 0.1) is 5.41 Å². The van der Waals surface area contributed by atoms with E-state index in [2.05, 4.69) is 5.32 Å². The number of carboxylic acid groups (broad SMARTS) is 1. The molecule has 1 heterocycles. The number of nitrogens with one attached hydrogen (secondary N) is 2. The van der Waals surface area contributed by atoms with E-state index in [1.807, 2.05) is 0 Å². The Morgan fingerprint density at radius 3 is 2.47 bits per heavy atom. The van der Waals surface area contributed by atoms with Gasteiger partial charge in [-0.3, -0.25) is 0 Å². The molecule has 0 amide bonds. The Kier molecular flexibility index (Phi) is 2.63. The summed E-state index contributed by atoms with van der Waals surface area (Å²) in [7, 11) is 2.99. The van der Waals surface area contributed by atoms with Gasteiger partial charge in [0, 0.05) is 17.3 Å². The highest BCUT2D eigenvalue weighted by Gasteiger charge is 2.33. The van der Waals surface area contributed by atoms with Gasteiger partial charge in [-0.15, -0.1) is 0 Å². The topological polar surface area (TPSA) is 91.6 Å². The Morgan fingerprint density at radius 2 is 1.94 bits per heavy atom. The van der Waals surface area contributed by atoms with Gasteiger partial charge in [-0.05, 0) is 6.07 Å². The molecule has 0 saturated carbocycles. The Morgan fingerprint density at radius 1 is 1.35 bits per heavy atom. The van der Waals surface area contributed by atoms with E-state index in [9.17, 15) is 4.79 Å². The van der Waals surface area contributed by atoms with Crippen molar-refractivity contribution in [3.05, 3.63) is 17.7 Å². The first-order valence-corrected chi connectivity index (χ1v) is 4.92. The van der Waals surface area contributed by atoms with Gasteiger partial charge < -0.3 is 25.3 Å². The van der Waals surface area contributed by atoms with Gasteiger partial charge in [0.15, 0.2) is 17.5 Å². The molecule has 0 aromatic heterocycles. The van der Waals surface area contributed by atoms with Crippen molar-refractivity contribution in [1.82, 2.24) is 0 Å². The van der Waals surface area contributed by atoms with Crippen molar-refractivity contribution in [2.45, 2.75) is 6.04 Å². The molecule has 1 aliphatic heterocycles. The van der Waals surface area contributed by atoms with E-state index in [4.69, 9.17) is 20.0 Å². The van der Waals surface area contributed by atoms with E-state index >= 15 is 0 Å². The second kappa shape index (κ2) is 3.97. The molecule has 1 aromatic rings. The fourth-order valence-corrected chi connectivity index (χ4v) is 1.79. The van der Waals surface area contributed by atoms with Crippen LogP contribution in [0.25, 0.3) is 0 Å². The molecule has 1 aliphatic rings. The summed E-state index contributed by atoms with van der Waals surface area (Å²) < 4.78 is 10.2. The number of methoxy groups -OCH3 is 2. The Balaban J connectivity index is 2.49. The minimum absolute atomic E-state index is 0.0217. The van der Waals surface area contributed by atoms with Gasteiger partial charge in [0.05, 0.1) is 19.9 Å². The summed E-state index contributed by atoms with van der Waals surface area (Å²) in [4.78, 5) is 10.9. The summed E-state index contributed by atoms with van der Waals surface area (Å²) in [5, 5.41) is 19.5. The maximum absolute atomic E-state index is 10.9. The van der Waals surface area contributed by atoms with E-state index in [1.165, 1.54) is 14.2 Å². The van der Waals surface area contributed by atoms with E-state index in [1.54, 1.807) is 12.1 Å². The van der Waals surface area contributed by atoms with Gasteiger partial charge in [-0.25, -0.2) is 4.79 Å². The molecule has 0 aliphatic carbocycles. The lowest BCUT2D eigenvalue weighted by molar-refractivity contribution is -0.136. The van der Waals surface area contributed by atoms with Gasteiger partial charge in [0.1, 0.15) is 0 Å². The third-order valence-corrected chi connectivity index (χ3v) is 2.65. The highest BCUT2D eigenvalue weighted by Crippen LogP contribution is 2.37. The lowest BCUT2D eigenvalue weighted by Crippen LogP contribution is -2.31. The molecule has 0 bridgehead atoms. The van der Waals surface area contributed by atoms with Gasteiger partial charge >= 0.3 is 5.97 Å². The van der Waals surface area contributed by atoms with Crippen LogP contribution >= 0.6 is 0 Å². The average Bonchev–Trinajstić information content (AvgIpc) is 2.64. The van der Waals surface area contributed by atoms with Crippen LogP contribution in [0.5, 0.6) is 11.5 Å². The largest absolute Gasteiger partial charge is 0.493 e. The number of rotatable bonds is 3. The predicted molar refractivity (Wildman–Crippen MR) is 61.4 cm³/mol. The third-order valence-electron chi connectivity index (χ3n) is 2.65. The number of ether oxygens (including phenoxy) is 2. The van der Waals surface area contributed by atoms with Gasteiger partial charge in [-0.2, -0.15) is 0 Å². The number of aliphatic carboxylic acids is 1. The summed E-state index contributed by atoms with van der Waals surface area (Å²) in [6.45, 7) is 0. The SMILES string of the molecule is COc1cc2c(cc1OC)C(=N)[C@@H](C(=O)O)N2. The lowest BCUT2D eigenvalue weighted by Gasteiger charge is -2.09. The van der Waals surface area contributed by atoms with Crippen LogP contribution in [0.2, 0.25) is 0 Å². The number of anilines is 1. The second-order valence-electron chi connectivity index (χ2n) is 3.58. The van der Waals surface area contributed by atoms with Crippen LogP contribution in [0.4, 0.5) is 5.69 Å². The molecule has 0 fully saturated rings. The first-order valence-electron chi connectivity index (χ1n) is 4.92. The maximum Gasteiger partial charge on any atom is 0.332 e. The molecule has 90 valence electrons. The van der Waals surface area contributed by atoms with Crippen LogP contribution in [-0.2, 0) is 4.79 Å². The van der Waals surface area contributed by atoms with E-state index < -0.39 is 12.0 Å². The molecule has 0 unspecified atom stereocenters. The highest BCUT2D eigenvalue weighted by molar-refractivity contribution is 6.21. The number of benzene rings is 1. The number of carboxylic acids is 1. The fourth-order valence-electron chi connectivity index (χ4n) is 1.79. The monoisotopic (exact) mass is 236 g/mol. The summed E-state index contributed by atoms with van der Waals surface area (Å²) >= 11 is 0. The lowest BCUT2D eigenvalue weighted by atomic mass is 10.1. The van der Waals surface area contributed by atoms with Gasteiger partial charge in [-0.1, -0.05) is 0 Å². The second-order valence-corrected chi connectivity index (χ2v) is 3.58. The highest BCUT2D eigenvalue weighted by atomic mass is 16.5. The van der Waals surface area contributed by atoms with Crippen molar-refractivity contribution in [3.63, 3.8) is 0 Å². The standard InChI is InChI=1S/C11H12N2O4/c1-16-7-3-5-6(4-8(7)17-2)13-10(9(5)12)11(14)15/h3-4,10,12-13H,1-2H3,(H,14,15)/t10-/m0/s1. The van der Waals surface area contributed by atoms with Crippen LogP contribution < -0.4 is 14.8 Å². The minimum Gasteiger partial charge on any atom is -0.493 e. The number of fused-ring (bicyclic) bond motifs is 1. The van der Waals surface area contributed by atoms with Crippen molar-refractivity contribution in [1.29, 1.82) is 5.41 Å². The van der Waals surface area contributed by atoms with Crippen LogP contribution in [0.3, 0.4) is 0 Å². The van der Waals surface area contributed by atoms with E-state index in [-0.39, 0.29) is 5.71 Å². The smallest absolute Gasteiger partial charge is 0.332 e. The molecular weight excluding hydrogens is 224 g/mol. The molecule has 1 aromatic carbocycles. The first kappa shape index (κ1) is 11.3. The average molecular weight is 236 g/mol. The molecule has 6 nitrogen and oxygen atoms in total. The molecule has 0 radical (unpaired) electrons. The summed E-state index contributed by atoms with van der Waals surface area (Å²) in [6.07, 6.45) is 0. The normalized spacial score (nSPS) is 17.3. The molecule has 1 atom stereocenters. The number of carbonyl (C=O) groups is 1. The molecule has 0 spiro atoms. The van der Waals surface area contributed by atoms with Gasteiger partial charge in [0.25, 0.3) is 0 Å². The summed E-state index contributed by atoms with van der Waals surface area (Å²) in [5.74, 6) is -0.106. The third kappa shape index (κ3) is 1.67. The molecule has 6 heteroatoms. The quantitative estimate of drug-likeness (QED) is 0.726. The van der Waals surface area contributed by atoms with E-state index in [0.29, 0.717) is 22.7 Å². The van der Waals surface area contributed by atoms with Crippen molar-refractivity contribution in [2.24, 2.45) is 0 Å². The van der Waals surface area contributed by atoms with Gasteiger partial charge in [0.2, 0.25) is 0 Å². The Hall–Kier alpha value is -2.24. The van der Waals surface area contributed by atoms with Crippen molar-refractivity contribution >= 4 is 17.4 Å². The van der Waals surface area contributed by atoms with Crippen molar-refractivity contribution in [3.8, 4) is 11.5 Å². The molecular formula is C11H12N2O4. The summed E-state index contributed by atoms with van der Waals surface area (Å²) in [5.41, 5.74) is 1.11. The molecule has 3 N–H and O–H groups in total. The zero-order valence-electron chi connectivity index (χ0n) is 9.40. The first-order chi connectivity index (χ1) is 8.08. The zero-order valence-corrected chi connectivity index (χ0v) is 9.40. The fraction of sp³-hybridized carbons (Fsp3) is 0.273. The summed E-state index contributed by atoms with van der Waals surface area (Å²) in [6, 6.07) is 2.22. The van der Waals surface area contributed by atoms with E-state index in [0.717, 1.165) is 0 Å². The van der Waals surface area contributed by atoms with Crippen molar-refractivity contribution in [2.75, 3.05) is 19.5 Å². The predicted octanol–water partition coefficient (Wildman–Crippen LogP) is 0.950. The van der Waals surface area contributed by atoms with Crippen LogP contribution in [0.15, 0.2) is 12.1 Å². The molecule has 17 heavy (non-hydrogen) atoms. The van der Waals surface area contributed by atoms with Crippen LogP contribution in [0.1, 0.15) is 5.56 Å². The van der Waals surface area contributed by atoms with Crippen LogP contribution in [-0.4, -0.2) is 37.0 Å². The zero-order chi connectivity index (χ0) is 12.6. The Bertz CT molecular complexity index is 498. The Labute approximate surface area is 97.7 Å². The number of hydrogen-bond acceptors (Lipinski definition) is 5. The minimum atomic E-state index is -1.08. The molecule has 0 saturated heterocycles. The van der Waals surface area contributed by atoms with Crippen molar-refractivity contribution < 1.29 is 19.4 Å². The number of hydrogen-bond donors (Lipinski definition) is 3. The molecule has 2 rings (SSSR count).